The Balaban J connectivity index is 1.51. The summed E-state index contributed by atoms with van der Waals surface area (Å²) < 4.78 is 11.1. The molecule has 3 rings (SSSR count). The van der Waals surface area contributed by atoms with E-state index in [4.69, 9.17) is 9.47 Å². The van der Waals surface area contributed by atoms with Crippen LogP contribution in [0.15, 0.2) is 54.6 Å². The van der Waals surface area contributed by atoms with Crippen LogP contribution < -0.4 is 9.47 Å². The molecule has 1 saturated heterocycles. The fourth-order valence-corrected chi connectivity index (χ4v) is 2.59. The molecule has 1 amide bonds. The number of nitrogens with zero attached hydrogens (tertiary/aromatic N) is 1. The predicted octanol–water partition coefficient (Wildman–Crippen LogP) is 4.25. The summed E-state index contributed by atoms with van der Waals surface area (Å²) in [6.07, 6.45) is 3.04. The van der Waals surface area contributed by atoms with Crippen LogP contribution in [-0.2, 0) is 6.61 Å². The Kier molecular flexibility index (Phi) is 5.14. The van der Waals surface area contributed by atoms with Crippen LogP contribution >= 0.6 is 0 Å². The fraction of sp³-hybridized carbons (Fsp3) is 0.316. The first-order valence-electron chi connectivity index (χ1n) is 8.05. The van der Waals surface area contributed by atoms with Crippen LogP contribution in [0.25, 0.3) is 0 Å². The van der Waals surface area contributed by atoms with Gasteiger partial charge in [-0.3, -0.25) is 0 Å². The van der Waals surface area contributed by atoms with E-state index in [9.17, 15) is 4.79 Å². The Bertz CT molecular complexity index is 619. The largest absolute Gasteiger partial charge is 0.489 e. The highest BCUT2D eigenvalue weighted by Crippen LogP contribution is 2.20. The number of likely N-dealkylation sites (tertiary alicyclic amines) is 1. The van der Waals surface area contributed by atoms with E-state index in [1.807, 2.05) is 42.5 Å². The molecule has 0 unspecified atom stereocenters. The second kappa shape index (κ2) is 7.68. The molecule has 4 nitrogen and oxygen atoms in total. The molecule has 0 N–H and O–H groups in total. The number of hydrogen-bond acceptors (Lipinski definition) is 3. The minimum atomic E-state index is -0.261. The molecule has 120 valence electrons. The summed E-state index contributed by atoms with van der Waals surface area (Å²) in [6.45, 7) is 2.10. The highest BCUT2D eigenvalue weighted by Gasteiger charge is 2.18. The van der Waals surface area contributed by atoms with Gasteiger partial charge in [0.2, 0.25) is 0 Å². The standard InChI is InChI=1S/C19H21NO3/c21-19(20-13-5-2-6-14-20)23-18-11-9-17(10-12-18)22-15-16-7-3-1-4-8-16/h1,3-4,7-12H,2,5-6,13-15H2. The van der Waals surface area contributed by atoms with Gasteiger partial charge in [0.15, 0.2) is 0 Å². The second-order valence-electron chi connectivity index (χ2n) is 5.66. The normalized spacial score (nSPS) is 14.3. The van der Waals surface area contributed by atoms with Crippen molar-refractivity contribution in [2.24, 2.45) is 0 Å². The van der Waals surface area contributed by atoms with Crippen molar-refractivity contribution in [1.82, 2.24) is 4.90 Å². The first-order valence-corrected chi connectivity index (χ1v) is 8.05. The maximum absolute atomic E-state index is 12.0. The molecule has 4 heteroatoms. The molecule has 2 aromatic rings. The molecular formula is C19H21NO3. The third kappa shape index (κ3) is 4.49. The van der Waals surface area contributed by atoms with Gasteiger partial charge in [0.05, 0.1) is 0 Å². The van der Waals surface area contributed by atoms with Gasteiger partial charge in [0.1, 0.15) is 18.1 Å². The minimum Gasteiger partial charge on any atom is -0.489 e. The Morgan fingerprint density at radius 1 is 0.870 bits per heavy atom. The number of carbonyl (C=O) groups is 1. The molecule has 0 spiro atoms. The highest BCUT2D eigenvalue weighted by atomic mass is 16.6. The fourth-order valence-electron chi connectivity index (χ4n) is 2.59. The van der Waals surface area contributed by atoms with E-state index in [1.54, 1.807) is 17.0 Å². The first-order chi connectivity index (χ1) is 11.3. The summed E-state index contributed by atoms with van der Waals surface area (Å²) in [5.41, 5.74) is 1.12. The van der Waals surface area contributed by atoms with Crippen molar-refractivity contribution in [1.29, 1.82) is 0 Å². The molecule has 1 heterocycles. The van der Waals surface area contributed by atoms with Gasteiger partial charge in [-0.05, 0) is 49.1 Å². The summed E-state index contributed by atoms with van der Waals surface area (Å²) in [5.74, 6) is 1.30. The molecule has 23 heavy (non-hydrogen) atoms. The van der Waals surface area contributed by atoms with E-state index in [2.05, 4.69) is 0 Å². The molecule has 1 fully saturated rings. The Hall–Kier alpha value is -2.49. The van der Waals surface area contributed by atoms with E-state index < -0.39 is 0 Å². The maximum atomic E-state index is 12.0. The number of amides is 1. The van der Waals surface area contributed by atoms with Gasteiger partial charge in [-0.25, -0.2) is 4.79 Å². The van der Waals surface area contributed by atoms with E-state index in [0.29, 0.717) is 12.4 Å². The highest BCUT2D eigenvalue weighted by molar-refractivity contribution is 5.70. The quantitative estimate of drug-likeness (QED) is 0.847. The Morgan fingerprint density at radius 3 is 2.22 bits per heavy atom. The summed E-state index contributed by atoms with van der Waals surface area (Å²) in [4.78, 5) is 13.8. The molecule has 0 aromatic heterocycles. The van der Waals surface area contributed by atoms with Crippen LogP contribution in [0.2, 0.25) is 0 Å². The average Bonchev–Trinajstić information content (AvgIpc) is 2.63. The van der Waals surface area contributed by atoms with Gasteiger partial charge >= 0.3 is 6.09 Å². The number of hydrogen-bond donors (Lipinski definition) is 0. The monoisotopic (exact) mass is 311 g/mol. The summed E-state index contributed by atoms with van der Waals surface area (Å²) >= 11 is 0. The number of ether oxygens (including phenoxy) is 2. The topological polar surface area (TPSA) is 38.8 Å². The van der Waals surface area contributed by atoms with Crippen LogP contribution in [0.4, 0.5) is 4.79 Å². The summed E-state index contributed by atoms with van der Waals surface area (Å²) in [7, 11) is 0. The van der Waals surface area contributed by atoms with Gasteiger partial charge in [-0.2, -0.15) is 0 Å². The lowest BCUT2D eigenvalue weighted by atomic mass is 10.1. The third-order valence-electron chi connectivity index (χ3n) is 3.89. The molecule has 1 aliphatic rings. The van der Waals surface area contributed by atoms with E-state index in [0.717, 1.165) is 37.2 Å². The van der Waals surface area contributed by atoms with E-state index in [-0.39, 0.29) is 6.09 Å². The predicted molar refractivity (Wildman–Crippen MR) is 88.7 cm³/mol. The Morgan fingerprint density at radius 2 is 1.52 bits per heavy atom. The lowest BCUT2D eigenvalue weighted by Crippen LogP contribution is -2.37. The van der Waals surface area contributed by atoms with Gasteiger partial charge < -0.3 is 14.4 Å². The smallest absolute Gasteiger partial charge is 0.415 e. The van der Waals surface area contributed by atoms with Crippen molar-refractivity contribution in [2.45, 2.75) is 25.9 Å². The molecule has 0 atom stereocenters. The van der Waals surface area contributed by atoms with Crippen molar-refractivity contribution in [2.75, 3.05) is 13.1 Å². The lowest BCUT2D eigenvalue weighted by molar-refractivity contribution is 0.142. The number of carbonyl (C=O) groups excluding carboxylic acids is 1. The number of piperidine rings is 1. The van der Waals surface area contributed by atoms with Gasteiger partial charge in [0, 0.05) is 13.1 Å². The van der Waals surface area contributed by atoms with E-state index in [1.165, 1.54) is 6.42 Å². The summed E-state index contributed by atoms with van der Waals surface area (Å²) in [5, 5.41) is 0. The van der Waals surface area contributed by atoms with Crippen LogP contribution in [0.5, 0.6) is 11.5 Å². The number of rotatable bonds is 4. The van der Waals surface area contributed by atoms with Crippen molar-refractivity contribution in [3.05, 3.63) is 60.2 Å². The molecule has 0 saturated carbocycles. The van der Waals surface area contributed by atoms with Crippen molar-refractivity contribution < 1.29 is 14.3 Å². The molecule has 0 radical (unpaired) electrons. The molecule has 1 aliphatic heterocycles. The SMILES string of the molecule is O=C(Oc1ccc(OCc2ccccc2)cc1)N1CCCCC1. The van der Waals surface area contributed by atoms with Crippen molar-refractivity contribution in [3.63, 3.8) is 0 Å². The molecule has 0 bridgehead atoms. The van der Waals surface area contributed by atoms with Crippen molar-refractivity contribution in [3.8, 4) is 11.5 Å². The second-order valence-corrected chi connectivity index (χ2v) is 5.66. The zero-order valence-corrected chi connectivity index (χ0v) is 13.1. The Labute approximate surface area is 136 Å². The van der Waals surface area contributed by atoms with Gasteiger partial charge in [-0.15, -0.1) is 0 Å². The average molecular weight is 311 g/mol. The van der Waals surface area contributed by atoms with Gasteiger partial charge in [-0.1, -0.05) is 30.3 Å². The minimum absolute atomic E-state index is 0.261. The third-order valence-corrected chi connectivity index (χ3v) is 3.89. The molecule has 2 aromatic carbocycles. The van der Waals surface area contributed by atoms with Crippen LogP contribution in [0.3, 0.4) is 0 Å². The lowest BCUT2D eigenvalue weighted by Gasteiger charge is -2.25. The first kappa shape index (κ1) is 15.4. The van der Waals surface area contributed by atoms with Crippen LogP contribution in [0.1, 0.15) is 24.8 Å². The number of benzene rings is 2. The van der Waals surface area contributed by atoms with E-state index >= 15 is 0 Å². The van der Waals surface area contributed by atoms with Crippen molar-refractivity contribution >= 4 is 6.09 Å². The molecule has 0 aliphatic carbocycles. The zero-order chi connectivity index (χ0) is 15.9. The molecular weight excluding hydrogens is 290 g/mol. The van der Waals surface area contributed by atoms with Gasteiger partial charge in [0.25, 0.3) is 0 Å². The maximum Gasteiger partial charge on any atom is 0.415 e. The van der Waals surface area contributed by atoms with Crippen LogP contribution in [-0.4, -0.2) is 24.1 Å². The van der Waals surface area contributed by atoms with Crippen LogP contribution in [0, 0.1) is 0 Å². The zero-order valence-electron chi connectivity index (χ0n) is 13.1. The summed E-state index contributed by atoms with van der Waals surface area (Å²) in [6, 6.07) is 17.2.